The molecule has 1 amide bonds. The van der Waals surface area contributed by atoms with Crippen molar-refractivity contribution in [3.63, 3.8) is 0 Å². The molecule has 27 heavy (non-hydrogen) atoms. The monoisotopic (exact) mass is 374 g/mol. The Kier molecular flexibility index (Phi) is 4.25. The second-order valence-corrected chi connectivity index (χ2v) is 7.31. The molecule has 0 N–H and O–H groups in total. The van der Waals surface area contributed by atoms with Gasteiger partial charge in [0.15, 0.2) is 11.6 Å². The molecule has 0 unspecified atom stereocenters. The molecule has 2 atom stereocenters. The van der Waals surface area contributed by atoms with Gasteiger partial charge in [-0.2, -0.15) is 0 Å². The van der Waals surface area contributed by atoms with E-state index in [-0.39, 0.29) is 34.6 Å². The lowest BCUT2D eigenvalue weighted by Gasteiger charge is -2.42. The Morgan fingerprint density at radius 3 is 2.63 bits per heavy atom. The Morgan fingerprint density at radius 2 is 1.93 bits per heavy atom. The fraction of sp³-hybridized carbons (Fsp3) is 0.400. The number of amides is 1. The van der Waals surface area contributed by atoms with Crippen molar-refractivity contribution >= 4 is 5.91 Å². The van der Waals surface area contributed by atoms with E-state index in [0.29, 0.717) is 25.2 Å². The largest absolute Gasteiger partial charge is 0.493 e. The topological polar surface area (TPSA) is 51.5 Å². The number of hydrogen-bond acceptors (Lipinski definition) is 3. The molecule has 2 aliphatic heterocycles. The molecule has 7 heteroatoms. The van der Waals surface area contributed by atoms with Crippen molar-refractivity contribution in [2.45, 2.75) is 25.8 Å². The van der Waals surface area contributed by atoms with Crippen LogP contribution in [-0.2, 0) is 11.3 Å². The van der Waals surface area contributed by atoms with Crippen molar-refractivity contribution in [2.75, 3.05) is 20.2 Å². The number of nitrogens with zero attached hydrogens (tertiary/aromatic N) is 2. The summed E-state index contributed by atoms with van der Waals surface area (Å²) in [6.07, 6.45) is 0.890. The molecule has 1 aromatic heterocycles. The first-order valence-corrected chi connectivity index (χ1v) is 8.91. The van der Waals surface area contributed by atoms with Gasteiger partial charge in [0, 0.05) is 55.9 Å². The van der Waals surface area contributed by atoms with Gasteiger partial charge in [0.05, 0.1) is 7.11 Å². The molecule has 5 nitrogen and oxygen atoms in total. The summed E-state index contributed by atoms with van der Waals surface area (Å²) in [6.45, 7) is 3.29. The molecule has 4 rings (SSSR count). The Bertz CT molecular complexity index is 986. The zero-order valence-electron chi connectivity index (χ0n) is 15.2. The van der Waals surface area contributed by atoms with Gasteiger partial charge < -0.3 is 14.2 Å². The maximum absolute atomic E-state index is 14.1. The number of likely N-dealkylation sites (tertiary alicyclic amines) is 1. The van der Waals surface area contributed by atoms with Crippen molar-refractivity contribution in [1.29, 1.82) is 0 Å². The Balaban J connectivity index is 1.84. The molecule has 0 saturated carbocycles. The van der Waals surface area contributed by atoms with E-state index in [1.54, 1.807) is 17.6 Å². The van der Waals surface area contributed by atoms with E-state index >= 15 is 0 Å². The van der Waals surface area contributed by atoms with E-state index in [2.05, 4.69) is 0 Å². The van der Waals surface area contributed by atoms with E-state index < -0.39 is 11.6 Å². The SMILES string of the molecule is COc1c(F)cc(F)cc1-c1cc2n(c(=O)c1)C[C@H]1C[C@@H]2CN(C(C)=O)C1. The fourth-order valence-electron chi connectivity index (χ4n) is 4.35. The van der Waals surface area contributed by atoms with E-state index in [4.69, 9.17) is 4.74 Å². The summed E-state index contributed by atoms with van der Waals surface area (Å²) < 4.78 is 34.7. The van der Waals surface area contributed by atoms with Gasteiger partial charge in [0.1, 0.15) is 5.82 Å². The number of fused-ring (bicyclic) bond motifs is 4. The lowest BCUT2D eigenvalue weighted by atomic mass is 9.82. The number of carbonyl (C=O) groups is 1. The minimum Gasteiger partial charge on any atom is -0.493 e. The van der Waals surface area contributed by atoms with Crippen LogP contribution in [0.15, 0.2) is 29.1 Å². The second-order valence-electron chi connectivity index (χ2n) is 7.31. The standard InChI is InChI=1S/C20H20F2N2O3/c1-11(25)23-8-12-3-14(10-23)18-4-13(5-19(26)24(18)9-12)16-6-15(21)7-17(22)20(16)27-2/h4-7,12,14H,3,8-10H2,1-2H3/t12-,14+/m0/s1. The van der Waals surface area contributed by atoms with Gasteiger partial charge in [-0.25, -0.2) is 8.78 Å². The summed E-state index contributed by atoms with van der Waals surface area (Å²) in [5, 5.41) is 0. The van der Waals surface area contributed by atoms with Gasteiger partial charge in [-0.1, -0.05) is 0 Å². The first kappa shape index (κ1) is 17.7. The second kappa shape index (κ2) is 6.48. The molecule has 2 aromatic rings. The van der Waals surface area contributed by atoms with Crippen LogP contribution in [0.2, 0.25) is 0 Å². The van der Waals surface area contributed by atoms with Crippen LogP contribution in [-0.4, -0.2) is 35.6 Å². The number of aromatic nitrogens is 1. The van der Waals surface area contributed by atoms with E-state index in [1.165, 1.54) is 19.2 Å². The highest BCUT2D eigenvalue weighted by molar-refractivity contribution is 5.74. The smallest absolute Gasteiger partial charge is 0.251 e. The number of piperidine rings is 1. The summed E-state index contributed by atoms with van der Waals surface area (Å²) in [4.78, 5) is 26.3. The Hall–Kier alpha value is -2.70. The number of hydrogen-bond donors (Lipinski definition) is 0. The molecule has 2 bridgehead atoms. The van der Waals surface area contributed by atoms with Crippen LogP contribution in [0.1, 0.15) is 25.0 Å². The van der Waals surface area contributed by atoms with E-state index in [1.807, 2.05) is 4.90 Å². The van der Waals surface area contributed by atoms with Crippen molar-refractivity contribution in [1.82, 2.24) is 9.47 Å². The molecule has 1 saturated heterocycles. The van der Waals surface area contributed by atoms with Crippen molar-refractivity contribution in [2.24, 2.45) is 5.92 Å². The number of carbonyl (C=O) groups excluding carboxylic acids is 1. The number of methoxy groups -OCH3 is 1. The van der Waals surface area contributed by atoms with Crippen LogP contribution in [0.3, 0.4) is 0 Å². The third-order valence-electron chi connectivity index (χ3n) is 5.53. The molecule has 2 aliphatic rings. The van der Waals surface area contributed by atoms with Gasteiger partial charge in [-0.15, -0.1) is 0 Å². The van der Waals surface area contributed by atoms with Gasteiger partial charge in [-0.05, 0) is 30.0 Å². The first-order chi connectivity index (χ1) is 12.9. The number of pyridine rings is 1. The normalized spacial score (nSPS) is 21.0. The van der Waals surface area contributed by atoms with Crippen molar-refractivity contribution < 1.29 is 18.3 Å². The van der Waals surface area contributed by atoms with E-state index in [0.717, 1.165) is 18.2 Å². The zero-order valence-corrected chi connectivity index (χ0v) is 15.2. The van der Waals surface area contributed by atoms with Crippen LogP contribution >= 0.6 is 0 Å². The highest BCUT2D eigenvalue weighted by atomic mass is 19.1. The van der Waals surface area contributed by atoms with Crippen LogP contribution in [0, 0.1) is 17.6 Å². The lowest BCUT2D eigenvalue weighted by Crippen LogP contribution is -2.48. The molecular weight excluding hydrogens is 354 g/mol. The maximum Gasteiger partial charge on any atom is 0.251 e. The number of ether oxygens (including phenoxy) is 1. The average molecular weight is 374 g/mol. The van der Waals surface area contributed by atoms with Crippen LogP contribution < -0.4 is 10.3 Å². The average Bonchev–Trinajstić information content (AvgIpc) is 2.61. The van der Waals surface area contributed by atoms with Crippen molar-refractivity contribution in [3.8, 4) is 16.9 Å². The highest BCUT2D eigenvalue weighted by Gasteiger charge is 2.36. The van der Waals surface area contributed by atoms with E-state index in [9.17, 15) is 18.4 Å². The third kappa shape index (κ3) is 3.01. The number of benzene rings is 1. The Morgan fingerprint density at radius 1 is 1.15 bits per heavy atom. The van der Waals surface area contributed by atoms with Gasteiger partial charge in [0.2, 0.25) is 5.91 Å². The minimum atomic E-state index is -0.814. The summed E-state index contributed by atoms with van der Waals surface area (Å²) in [5.41, 5.74) is 1.21. The predicted molar refractivity (Wildman–Crippen MR) is 95.7 cm³/mol. The van der Waals surface area contributed by atoms with Crippen molar-refractivity contribution in [3.05, 3.63) is 51.9 Å². The third-order valence-corrected chi connectivity index (χ3v) is 5.53. The molecule has 0 radical (unpaired) electrons. The molecule has 0 spiro atoms. The summed E-state index contributed by atoms with van der Waals surface area (Å²) in [5.74, 6) is -1.36. The summed E-state index contributed by atoms with van der Waals surface area (Å²) >= 11 is 0. The quantitative estimate of drug-likeness (QED) is 0.812. The molecular formula is C20H20F2N2O3. The van der Waals surface area contributed by atoms with Gasteiger partial charge >= 0.3 is 0 Å². The molecule has 1 aromatic carbocycles. The summed E-state index contributed by atoms with van der Waals surface area (Å²) in [6, 6.07) is 5.11. The zero-order chi connectivity index (χ0) is 19.3. The minimum absolute atomic E-state index is 0.0190. The van der Waals surface area contributed by atoms with Crippen LogP contribution in [0.25, 0.3) is 11.1 Å². The lowest BCUT2D eigenvalue weighted by molar-refractivity contribution is -0.131. The summed E-state index contributed by atoms with van der Waals surface area (Å²) in [7, 11) is 1.31. The Labute approximate surface area is 155 Å². The number of rotatable bonds is 2. The first-order valence-electron chi connectivity index (χ1n) is 8.91. The molecule has 0 aliphatic carbocycles. The fourth-order valence-corrected chi connectivity index (χ4v) is 4.35. The highest BCUT2D eigenvalue weighted by Crippen LogP contribution is 2.38. The van der Waals surface area contributed by atoms with Crippen LogP contribution in [0.4, 0.5) is 8.78 Å². The predicted octanol–water partition coefficient (Wildman–Crippen LogP) is 2.77. The number of halogens is 2. The molecule has 1 fully saturated rings. The maximum atomic E-state index is 14.1. The van der Waals surface area contributed by atoms with Gasteiger partial charge in [0.25, 0.3) is 5.56 Å². The van der Waals surface area contributed by atoms with Gasteiger partial charge in [-0.3, -0.25) is 9.59 Å². The van der Waals surface area contributed by atoms with Crippen LogP contribution in [0.5, 0.6) is 5.75 Å². The molecule has 3 heterocycles. The molecule has 142 valence electrons.